The third-order valence-electron chi connectivity index (χ3n) is 2.46. The van der Waals surface area contributed by atoms with E-state index in [1.807, 2.05) is 13.8 Å². The van der Waals surface area contributed by atoms with Gasteiger partial charge in [-0.1, -0.05) is 12.5 Å². The molecule has 1 fully saturated rings. The first-order chi connectivity index (χ1) is 6.50. The third kappa shape index (κ3) is 2.34. The summed E-state index contributed by atoms with van der Waals surface area (Å²) in [5, 5.41) is 11.3. The molecule has 1 amide bonds. The van der Waals surface area contributed by atoms with E-state index in [-0.39, 0.29) is 5.91 Å². The van der Waals surface area contributed by atoms with Crippen LogP contribution in [0.1, 0.15) is 33.1 Å². The van der Waals surface area contributed by atoms with Gasteiger partial charge in [-0.25, -0.2) is 4.79 Å². The van der Waals surface area contributed by atoms with Crippen LogP contribution in [0.3, 0.4) is 0 Å². The molecule has 1 aliphatic rings. The molecule has 0 aliphatic heterocycles. The lowest BCUT2D eigenvalue weighted by Crippen LogP contribution is -2.42. The van der Waals surface area contributed by atoms with Crippen LogP contribution in [0.5, 0.6) is 0 Å². The van der Waals surface area contributed by atoms with Crippen molar-refractivity contribution in [2.24, 2.45) is 0 Å². The number of carboxylic acids is 1. The number of hydrogen-bond acceptors (Lipinski definition) is 2. The molecule has 0 saturated heterocycles. The summed E-state index contributed by atoms with van der Waals surface area (Å²) in [5.41, 5.74) is -0.0228. The zero-order valence-corrected chi connectivity index (χ0v) is 8.46. The Hall–Kier alpha value is -1.32. The maximum Gasteiger partial charge on any atom is 0.329 e. The van der Waals surface area contributed by atoms with Gasteiger partial charge in [0.25, 0.3) is 0 Å². The fourth-order valence-electron chi connectivity index (χ4n) is 1.12. The number of carbonyl (C=O) groups is 2. The average Bonchev–Trinajstić information content (AvgIpc) is 2.85. The summed E-state index contributed by atoms with van der Waals surface area (Å²) < 4.78 is 0. The number of aliphatic carboxylic acids is 1. The zero-order valence-electron chi connectivity index (χ0n) is 8.46. The van der Waals surface area contributed by atoms with Crippen LogP contribution in [-0.4, -0.2) is 22.5 Å². The van der Waals surface area contributed by atoms with Crippen LogP contribution in [0.15, 0.2) is 11.6 Å². The number of carbonyl (C=O) groups excluding carboxylic acids is 1. The molecule has 1 aliphatic carbocycles. The van der Waals surface area contributed by atoms with Crippen LogP contribution in [0.2, 0.25) is 0 Å². The van der Waals surface area contributed by atoms with Crippen molar-refractivity contribution >= 4 is 11.9 Å². The summed E-state index contributed by atoms with van der Waals surface area (Å²) in [7, 11) is 0. The number of nitrogens with one attached hydrogen (secondary N) is 1. The van der Waals surface area contributed by atoms with Crippen molar-refractivity contribution < 1.29 is 14.7 Å². The standard InChI is InChI=1S/C10H15NO3/c1-3-7(2)6-8(12)11-10(4-5-10)9(13)14/h6H,3-5H2,1-2H3,(H,11,12)(H,13,14)/b7-6+. The van der Waals surface area contributed by atoms with Crippen molar-refractivity contribution in [3.05, 3.63) is 11.6 Å². The SMILES string of the molecule is CC/C(C)=C/C(=O)NC1(C(=O)O)CC1. The Kier molecular flexibility index (Phi) is 2.93. The molecule has 0 aromatic heterocycles. The largest absolute Gasteiger partial charge is 0.480 e. The topological polar surface area (TPSA) is 66.4 Å². The van der Waals surface area contributed by atoms with Crippen LogP contribution in [0, 0.1) is 0 Å². The molecule has 0 unspecified atom stereocenters. The van der Waals surface area contributed by atoms with Crippen LogP contribution in [-0.2, 0) is 9.59 Å². The number of hydrogen-bond donors (Lipinski definition) is 2. The van der Waals surface area contributed by atoms with E-state index >= 15 is 0 Å². The van der Waals surface area contributed by atoms with E-state index in [0.29, 0.717) is 12.8 Å². The predicted molar refractivity (Wildman–Crippen MR) is 51.8 cm³/mol. The first-order valence-corrected chi connectivity index (χ1v) is 4.73. The molecule has 0 aromatic carbocycles. The molecule has 1 saturated carbocycles. The van der Waals surface area contributed by atoms with Crippen molar-refractivity contribution in [3.63, 3.8) is 0 Å². The van der Waals surface area contributed by atoms with Gasteiger partial charge in [-0.15, -0.1) is 0 Å². The molecule has 2 N–H and O–H groups in total. The van der Waals surface area contributed by atoms with Gasteiger partial charge >= 0.3 is 5.97 Å². The fourth-order valence-corrected chi connectivity index (χ4v) is 1.12. The highest BCUT2D eigenvalue weighted by atomic mass is 16.4. The molecule has 0 atom stereocenters. The Bertz CT molecular complexity index is 290. The normalized spacial score (nSPS) is 18.9. The van der Waals surface area contributed by atoms with Crippen molar-refractivity contribution in [1.82, 2.24) is 5.32 Å². The van der Waals surface area contributed by atoms with Crippen molar-refractivity contribution in [3.8, 4) is 0 Å². The van der Waals surface area contributed by atoms with Crippen LogP contribution < -0.4 is 5.32 Å². The molecular formula is C10H15NO3. The molecule has 1 rings (SSSR count). The first kappa shape index (κ1) is 10.8. The van der Waals surface area contributed by atoms with Gasteiger partial charge in [0.1, 0.15) is 5.54 Å². The average molecular weight is 197 g/mol. The quantitative estimate of drug-likeness (QED) is 0.662. The van der Waals surface area contributed by atoms with Crippen LogP contribution in [0.4, 0.5) is 0 Å². The molecule has 0 aromatic rings. The smallest absolute Gasteiger partial charge is 0.329 e. The predicted octanol–water partition coefficient (Wildman–Crippen LogP) is 1.08. The summed E-state index contributed by atoms with van der Waals surface area (Å²) in [6, 6.07) is 0. The highest BCUT2D eigenvalue weighted by molar-refractivity contribution is 5.94. The third-order valence-corrected chi connectivity index (χ3v) is 2.46. The Morgan fingerprint density at radius 2 is 2.07 bits per heavy atom. The van der Waals surface area contributed by atoms with Gasteiger partial charge in [0.2, 0.25) is 5.91 Å². The highest BCUT2D eigenvalue weighted by Crippen LogP contribution is 2.35. The van der Waals surface area contributed by atoms with Gasteiger partial charge in [0.05, 0.1) is 0 Å². The van der Waals surface area contributed by atoms with Crippen molar-refractivity contribution in [2.75, 3.05) is 0 Å². The summed E-state index contributed by atoms with van der Waals surface area (Å²) in [5.74, 6) is -1.24. The van der Waals surface area contributed by atoms with Crippen LogP contribution >= 0.6 is 0 Å². The lowest BCUT2D eigenvalue weighted by Gasteiger charge is -2.10. The Morgan fingerprint density at radius 3 is 2.43 bits per heavy atom. The summed E-state index contributed by atoms with van der Waals surface area (Å²) in [6.07, 6.45) is 3.33. The van der Waals surface area contributed by atoms with Gasteiger partial charge in [-0.3, -0.25) is 4.79 Å². The van der Waals surface area contributed by atoms with Crippen molar-refractivity contribution in [2.45, 2.75) is 38.6 Å². The molecule has 78 valence electrons. The van der Waals surface area contributed by atoms with Gasteiger partial charge < -0.3 is 10.4 Å². The first-order valence-electron chi connectivity index (χ1n) is 4.73. The van der Waals surface area contributed by atoms with E-state index in [2.05, 4.69) is 5.32 Å². The number of amides is 1. The Morgan fingerprint density at radius 1 is 1.50 bits per heavy atom. The second-order valence-electron chi connectivity index (χ2n) is 3.72. The van der Waals surface area contributed by atoms with E-state index in [4.69, 9.17) is 5.11 Å². The van der Waals surface area contributed by atoms with E-state index < -0.39 is 11.5 Å². The number of rotatable bonds is 4. The molecule has 0 heterocycles. The summed E-state index contributed by atoms with van der Waals surface area (Å²) in [4.78, 5) is 22.1. The van der Waals surface area contributed by atoms with Crippen LogP contribution in [0.25, 0.3) is 0 Å². The van der Waals surface area contributed by atoms with E-state index in [0.717, 1.165) is 12.0 Å². The summed E-state index contributed by atoms with van der Waals surface area (Å²) >= 11 is 0. The zero-order chi connectivity index (χ0) is 10.8. The molecule has 4 nitrogen and oxygen atoms in total. The second-order valence-corrected chi connectivity index (χ2v) is 3.72. The molecule has 4 heteroatoms. The minimum Gasteiger partial charge on any atom is -0.480 e. The maximum atomic E-state index is 11.3. The summed E-state index contributed by atoms with van der Waals surface area (Å²) in [6.45, 7) is 3.79. The highest BCUT2D eigenvalue weighted by Gasteiger charge is 2.51. The van der Waals surface area contributed by atoms with Gasteiger partial charge in [-0.05, 0) is 26.2 Å². The maximum absolute atomic E-state index is 11.3. The van der Waals surface area contributed by atoms with Crippen molar-refractivity contribution in [1.29, 1.82) is 0 Å². The minimum atomic E-state index is -0.971. The lowest BCUT2D eigenvalue weighted by atomic mass is 10.2. The molecule has 14 heavy (non-hydrogen) atoms. The van der Waals surface area contributed by atoms with Gasteiger partial charge in [0, 0.05) is 6.08 Å². The lowest BCUT2D eigenvalue weighted by molar-refractivity contribution is -0.142. The molecular weight excluding hydrogens is 182 g/mol. The molecule has 0 bridgehead atoms. The van der Waals surface area contributed by atoms with E-state index in [9.17, 15) is 9.59 Å². The monoisotopic (exact) mass is 197 g/mol. The molecule has 0 spiro atoms. The van der Waals surface area contributed by atoms with E-state index in [1.165, 1.54) is 6.08 Å². The van der Waals surface area contributed by atoms with Gasteiger partial charge in [-0.2, -0.15) is 0 Å². The van der Waals surface area contributed by atoms with Gasteiger partial charge in [0.15, 0.2) is 0 Å². The number of carboxylic acid groups (broad SMARTS) is 1. The number of allylic oxidation sites excluding steroid dienone is 1. The second kappa shape index (κ2) is 3.82. The Labute approximate surface area is 83.0 Å². The van der Waals surface area contributed by atoms with E-state index in [1.54, 1.807) is 0 Å². The molecule has 0 radical (unpaired) electrons. The fraction of sp³-hybridized carbons (Fsp3) is 0.600. The minimum absolute atomic E-state index is 0.302. The Balaban J connectivity index is 2.54.